The van der Waals surface area contributed by atoms with Crippen molar-refractivity contribution in [1.82, 2.24) is 4.90 Å². The minimum atomic E-state index is -0.953. The first kappa shape index (κ1) is 18.1. The molecule has 0 aromatic heterocycles. The van der Waals surface area contributed by atoms with E-state index in [1.54, 1.807) is 18.2 Å². The number of hydrogen-bond donors (Lipinski definition) is 1. The molecule has 1 fully saturated rings. The van der Waals surface area contributed by atoms with Crippen LogP contribution in [0, 0.1) is 0 Å². The fraction of sp³-hybridized carbons (Fsp3) is 0.556. The normalized spacial score (nSPS) is 16.9. The molecule has 1 N–H and O–H groups in total. The van der Waals surface area contributed by atoms with E-state index in [-0.39, 0.29) is 5.91 Å². The van der Waals surface area contributed by atoms with Crippen molar-refractivity contribution in [3.8, 4) is 11.5 Å². The van der Waals surface area contributed by atoms with E-state index in [4.69, 9.17) is 9.47 Å². The molecule has 1 aromatic rings. The molecular weight excluding hydrogens is 310 g/mol. The second-order valence-electron chi connectivity index (χ2n) is 5.79. The molecule has 0 bridgehead atoms. The van der Waals surface area contributed by atoms with Gasteiger partial charge in [0.15, 0.2) is 11.5 Å². The van der Waals surface area contributed by atoms with Gasteiger partial charge in [-0.05, 0) is 44.4 Å². The van der Waals surface area contributed by atoms with Crippen molar-refractivity contribution in [1.29, 1.82) is 0 Å². The molecule has 1 saturated heterocycles. The topological polar surface area (TPSA) is 76.1 Å². The molecule has 1 aliphatic heterocycles. The summed E-state index contributed by atoms with van der Waals surface area (Å²) in [6, 6.07) is 4.29. The first-order valence-corrected chi connectivity index (χ1v) is 8.51. The third-order valence-electron chi connectivity index (χ3n) is 4.04. The second kappa shape index (κ2) is 8.57. The highest BCUT2D eigenvalue weighted by Crippen LogP contribution is 2.30. The summed E-state index contributed by atoms with van der Waals surface area (Å²) in [7, 11) is 0. The van der Waals surface area contributed by atoms with Crippen molar-refractivity contribution in [3.05, 3.63) is 23.8 Å². The monoisotopic (exact) mass is 335 g/mol. The Morgan fingerprint density at radius 3 is 2.71 bits per heavy atom. The average Bonchev–Trinajstić information content (AvgIpc) is 3.06. The lowest BCUT2D eigenvalue weighted by molar-refractivity contribution is -0.141. The largest absolute Gasteiger partial charge is 0.490 e. The molecule has 0 aliphatic carbocycles. The molecule has 0 spiro atoms. The number of ether oxygens (including phenoxy) is 2. The average molecular weight is 335 g/mol. The smallest absolute Gasteiger partial charge is 0.326 e. The van der Waals surface area contributed by atoms with Crippen LogP contribution in [0.5, 0.6) is 11.5 Å². The van der Waals surface area contributed by atoms with Crippen molar-refractivity contribution in [3.63, 3.8) is 0 Å². The second-order valence-corrected chi connectivity index (χ2v) is 5.79. The van der Waals surface area contributed by atoms with E-state index in [0.29, 0.717) is 49.7 Å². The zero-order valence-corrected chi connectivity index (χ0v) is 14.3. The Hall–Kier alpha value is -2.24. The van der Waals surface area contributed by atoms with Crippen molar-refractivity contribution >= 4 is 11.9 Å². The molecule has 2 rings (SSSR count). The first-order valence-electron chi connectivity index (χ1n) is 8.51. The molecule has 1 heterocycles. The van der Waals surface area contributed by atoms with Crippen LogP contribution in [0.1, 0.15) is 49.9 Å². The van der Waals surface area contributed by atoms with Crippen LogP contribution >= 0.6 is 0 Å². The number of carbonyl (C=O) groups is 2. The van der Waals surface area contributed by atoms with E-state index in [0.717, 1.165) is 12.8 Å². The molecule has 0 saturated carbocycles. The third kappa shape index (κ3) is 4.19. The zero-order valence-electron chi connectivity index (χ0n) is 14.3. The number of nitrogens with zero attached hydrogens (tertiary/aromatic N) is 1. The van der Waals surface area contributed by atoms with Gasteiger partial charge in [-0.2, -0.15) is 0 Å². The molecule has 1 atom stereocenters. The molecule has 1 aliphatic rings. The number of carbonyl (C=O) groups excluding carboxylic acids is 1. The minimum Gasteiger partial charge on any atom is -0.490 e. The Balaban J connectivity index is 2.19. The first-order chi connectivity index (χ1) is 11.6. The van der Waals surface area contributed by atoms with Crippen LogP contribution in [-0.2, 0) is 4.79 Å². The van der Waals surface area contributed by atoms with Crippen LogP contribution in [0.3, 0.4) is 0 Å². The number of rotatable bonds is 8. The number of amides is 1. The SMILES string of the molecule is CCCCOc1ccc(C(=O)N2CCC[C@@H]2C(=O)O)cc1OCC. The van der Waals surface area contributed by atoms with E-state index in [1.165, 1.54) is 4.90 Å². The quantitative estimate of drug-likeness (QED) is 0.739. The highest BCUT2D eigenvalue weighted by Gasteiger charge is 2.34. The molecule has 1 aromatic carbocycles. The predicted octanol–water partition coefficient (Wildman–Crippen LogP) is 2.95. The summed E-state index contributed by atoms with van der Waals surface area (Å²) in [5.74, 6) is -0.102. The summed E-state index contributed by atoms with van der Waals surface area (Å²) >= 11 is 0. The van der Waals surface area contributed by atoms with Gasteiger partial charge in [0.2, 0.25) is 0 Å². The van der Waals surface area contributed by atoms with Gasteiger partial charge in [0.25, 0.3) is 5.91 Å². The van der Waals surface area contributed by atoms with E-state index in [1.807, 2.05) is 6.92 Å². The summed E-state index contributed by atoms with van der Waals surface area (Å²) in [4.78, 5) is 25.4. The minimum absolute atomic E-state index is 0.277. The summed E-state index contributed by atoms with van der Waals surface area (Å²) in [5.41, 5.74) is 0.425. The molecular formula is C18H25NO5. The summed E-state index contributed by atoms with van der Waals surface area (Å²) in [5, 5.41) is 9.24. The summed E-state index contributed by atoms with van der Waals surface area (Å²) < 4.78 is 11.3. The molecule has 24 heavy (non-hydrogen) atoms. The van der Waals surface area contributed by atoms with Gasteiger partial charge in [0.1, 0.15) is 6.04 Å². The van der Waals surface area contributed by atoms with Crippen LogP contribution < -0.4 is 9.47 Å². The Bertz CT molecular complexity index is 587. The molecule has 0 radical (unpaired) electrons. The van der Waals surface area contributed by atoms with E-state index >= 15 is 0 Å². The van der Waals surface area contributed by atoms with Gasteiger partial charge in [0, 0.05) is 12.1 Å². The zero-order chi connectivity index (χ0) is 17.5. The van der Waals surface area contributed by atoms with Gasteiger partial charge in [-0.25, -0.2) is 4.79 Å². The number of aliphatic carboxylic acids is 1. The lowest BCUT2D eigenvalue weighted by Crippen LogP contribution is -2.40. The molecule has 1 amide bonds. The van der Waals surface area contributed by atoms with Crippen molar-refractivity contribution in [2.75, 3.05) is 19.8 Å². The van der Waals surface area contributed by atoms with Gasteiger partial charge >= 0.3 is 5.97 Å². The highest BCUT2D eigenvalue weighted by atomic mass is 16.5. The Labute approximate surface area is 142 Å². The van der Waals surface area contributed by atoms with Crippen LogP contribution in [-0.4, -0.2) is 47.7 Å². The number of carboxylic acids is 1. The van der Waals surface area contributed by atoms with Crippen LogP contribution in [0.4, 0.5) is 0 Å². The van der Waals surface area contributed by atoms with Crippen molar-refractivity contribution < 1.29 is 24.2 Å². The molecule has 6 heteroatoms. The summed E-state index contributed by atoms with van der Waals surface area (Å²) in [6.07, 6.45) is 3.18. The number of unbranched alkanes of at least 4 members (excludes halogenated alkanes) is 1. The van der Waals surface area contributed by atoms with Crippen LogP contribution in [0.25, 0.3) is 0 Å². The lowest BCUT2D eigenvalue weighted by atomic mass is 10.1. The number of hydrogen-bond acceptors (Lipinski definition) is 4. The Morgan fingerprint density at radius 2 is 2.04 bits per heavy atom. The maximum Gasteiger partial charge on any atom is 0.326 e. The van der Waals surface area contributed by atoms with Crippen molar-refractivity contribution in [2.45, 2.75) is 45.6 Å². The van der Waals surface area contributed by atoms with E-state index < -0.39 is 12.0 Å². The van der Waals surface area contributed by atoms with Crippen LogP contribution in [0.15, 0.2) is 18.2 Å². The number of likely N-dealkylation sites (tertiary alicyclic amines) is 1. The molecule has 0 unspecified atom stereocenters. The standard InChI is InChI=1S/C18H25NO5/c1-3-5-11-24-15-9-8-13(12-16(15)23-4-2)17(20)19-10-6-7-14(19)18(21)22/h8-9,12,14H,3-7,10-11H2,1-2H3,(H,21,22)/t14-/m1/s1. The highest BCUT2D eigenvalue weighted by molar-refractivity contribution is 5.97. The van der Waals surface area contributed by atoms with Gasteiger partial charge < -0.3 is 19.5 Å². The fourth-order valence-electron chi connectivity index (χ4n) is 2.79. The predicted molar refractivity (Wildman–Crippen MR) is 89.7 cm³/mol. The molecule has 132 valence electrons. The number of carboxylic acid groups (broad SMARTS) is 1. The Morgan fingerprint density at radius 1 is 1.25 bits per heavy atom. The third-order valence-corrected chi connectivity index (χ3v) is 4.04. The van der Waals surface area contributed by atoms with Gasteiger partial charge in [0.05, 0.1) is 13.2 Å². The van der Waals surface area contributed by atoms with Gasteiger partial charge in [-0.1, -0.05) is 13.3 Å². The lowest BCUT2D eigenvalue weighted by Gasteiger charge is -2.22. The van der Waals surface area contributed by atoms with E-state index in [2.05, 4.69) is 6.92 Å². The maximum absolute atomic E-state index is 12.7. The van der Waals surface area contributed by atoms with Crippen molar-refractivity contribution in [2.24, 2.45) is 0 Å². The summed E-state index contributed by atoms with van der Waals surface area (Å²) in [6.45, 7) is 5.48. The Kier molecular flexibility index (Phi) is 6.46. The molecule has 6 nitrogen and oxygen atoms in total. The fourth-order valence-corrected chi connectivity index (χ4v) is 2.79. The van der Waals surface area contributed by atoms with Crippen LogP contribution in [0.2, 0.25) is 0 Å². The van der Waals surface area contributed by atoms with Gasteiger partial charge in [-0.3, -0.25) is 4.79 Å². The van der Waals surface area contributed by atoms with Gasteiger partial charge in [-0.15, -0.1) is 0 Å². The number of benzene rings is 1. The van der Waals surface area contributed by atoms with E-state index in [9.17, 15) is 14.7 Å². The maximum atomic E-state index is 12.7.